The van der Waals surface area contributed by atoms with E-state index in [1.54, 1.807) is 17.1 Å². The lowest BCUT2D eigenvalue weighted by Gasteiger charge is -2.11. The molecule has 1 saturated carbocycles. The molecule has 0 spiro atoms. The van der Waals surface area contributed by atoms with Gasteiger partial charge in [0, 0.05) is 24.4 Å². The normalized spacial score (nSPS) is 19.0. The van der Waals surface area contributed by atoms with Gasteiger partial charge in [0.15, 0.2) is 0 Å². The molecule has 5 nitrogen and oxygen atoms in total. The molecular weight excluding hydrogens is 300 g/mol. The van der Waals surface area contributed by atoms with E-state index in [0.29, 0.717) is 5.82 Å². The number of hydrogen-bond donors (Lipinski definition) is 1. The largest absolute Gasteiger partial charge is 0.310 e. The van der Waals surface area contributed by atoms with Crippen LogP contribution in [0.3, 0.4) is 0 Å². The Morgan fingerprint density at radius 3 is 2.83 bits per heavy atom. The minimum Gasteiger partial charge on any atom is -0.310 e. The Morgan fingerprint density at radius 2 is 2.04 bits per heavy atom. The molecule has 0 aliphatic heterocycles. The fourth-order valence-electron chi connectivity index (χ4n) is 3.06. The molecule has 0 unspecified atom stereocenters. The van der Waals surface area contributed by atoms with Crippen LogP contribution in [0, 0.1) is 12.8 Å². The molecule has 1 N–H and O–H groups in total. The Kier molecular flexibility index (Phi) is 3.61. The number of hydrogen-bond acceptors (Lipinski definition) is 3. The summed E-state index contributed by atoms with van der Waals surface area (Å²) in [6, 6.07) is 13.7. The highest BCUT2D eigenvalue weighted by Gasteiger charge is 2.44. The van der Waals surface area contributed by atoms with Gasteiger partial charge in [0.1, 0.15) is 5.82 Å². The van der Waals surface area contributed by atoms with E-state index in [0.717, 1.165) is 23.2 Å². The third-order valence-corrected chi connectivity index (χ3v) is 4.48. The van der Waals surface area contributed by atoms with Crippen molar-refractivity contribution in [2.24, 2.45) is 5.92 Å². The van der Waals surface area contributed by atoms with Gasteiger partial charge in [0.25, 0.3) is 0 Å². The molecule has 2 aromatic heterocycles. The molecule has 5 heteroatoms. The maximum Gasteiger partial charge on any atom is 0.229 e. The summed E-state index contributed by atoms with van der Waals surface area (Å²) in [5.74, 6) is 1.02. The monoisotopic (exact) mass is 318 g/mol. The molecule has 120 valence electrons. The van der Waals surface area contributed by atoms with Crippen LogP contribution in [-0.2, 0) is 4.79 Å². The lowest BCUT2D eigenvalue weighted by atomic mass is 10.1. The first kappa shape index (κ1) is 14.6. The van der Waals surface area contributed by atoms with Crippen molar-refractivity contribution < 1.29 is 4.79 Å². The highest BCUT2D eigenvalue weighted by Crippen LogP contribution is 2.47. The maximum absolute atomic E-state index is 12.6. The standard InChI is InChI=1S/C19H18N4O/c1-13-5-2-3-7-17(13)23-18(8-10-21-23)22-19(24)16-11-15(16)14-6-4-9-20-12-14/h2-10,12,15-16H,11H2,1H3,(H,22,24)/t15-,16+/m0/s1. The molecule has 1 amide bonds. The number of carbonyl (C=O) groups excluding carboxylic acids is 1. The molecule has 1 aliphatic carbocycles. The molecule has 2 heterocycles. The highest BCUT2D eigenvalue weighted by molar-refractivity contribution is 5.94. The first-order valence-corrected chi connectivity index (χ1v) is 8.05. The number of amides is 1. The van der Waals surface area contributed by atoms with Gasteiger partial charge in [-0.1, -0.05) is 24.3 Å². The van der Waals surface area contributed by atoms with Crippen LogP contribution in [0.15, 0.2) is 61.1 Å². The maximum atomic E-state index is 12.6. The zero-order valence-corrected chi connectivity index (χ0v) is 13.4. The number of aryl methyl sites for hydroxylation is 1. The SMILES string of the molecule is Cc1ccccc1-n1nccc1NC(=O)[C@@H]1C[C@H]1c1cccnc1. The summed E-state index contributed by atoms with van der Waals surface area (Å²) in [5.41, 5.74) is 3.21. The molecular formula is C19H18N4O. The predicted molar refractivity (Wildman–Crippen MR) is 92.0 cm³/mol. The minimum atomic E-state index is 0.00872. The third-order valence-electron chi connectivity index (χ3n) is 4.48. The summed E-state index contributed by atoms with van der Waals surface area (Å²) in [6.45, 7) is 2.03. The summed E-state index contributed by atoms with van der Waals surface area (Å²) >= 11 is 0. The number of nitrogens with one attached hydrogen (secondary N) is 1. The van der Waals surface area contributed by atoms with Gasteiger partial charge in [0.05, 0.1) is 11.9 Å². The van der Waals surface area contributed by atoms with Crippen LogP contribution in [0.5, 0.6) is 0 Å². The van der Waals surface area contributed by atoms with Crippen molar-refractivity contribution in [3.63, 3.8) is 0 Å². The Bertz CT molecular complexity index is 872. The molecule has 4 rings (SSSR count). The number of benzene rings is 1. The Hall–Kier alpha value is -2.95. The van der Waals surface area contributed by atoms with E-state index in [4.69, 9.17) is 0 Å². The Balaban J connectivity index is 1.51. The topological polar surface area (TPSA) is 59.8 Å². The van der Waals surface area contributed by atoms with Gasteiger partial charge in [-0.15, -0.1) is 0 Å². The van der Waals surface area contributed by atoms with Crippen molar-refractivity contribution >= 4 is 11.7 Å². The van der Waals surface area contributed by atoms with Gasteiger partial charge in [-0.05, 0) is 42.5 Å². The fourth-order valence-corrected chi connectivity index (χ4v) is 3.06. The summed E-state index contributed by atoms with van der Waals surface area (Å²) in [6.07, 6.45) is 6.17. The Morgan fingerprint density at radius 1 is 1.17 bits per heavy atom. The second-order valence-electron chi connectivity index (χ2n) is 6.14. The summed E-state index contributed by atoms with van der Waals surface area (Å²) in [5, 5.41) is 7.37. The van der Waals surface area contributed by atoms with Crippen molar-refractivity contribution in [1.29, 1.82) is 0 Å². The van der Waals surface area contributed by atoms with E-state index in [1.165, 1.54) is 0 Å². The molecule has 1 aliphatic rings. The second kappa shape index (κ2) is 5.92. The molecule has 2 atom stereocenters. The van der Waals surface area contributed by atoms with E-state index in [1.807, 2.05) is 55.6 Å². The van der Waals surface area contributed by atoms with Crippen molar-refractivity contribution in [3.05, 3.63) is 72.2 Å². The lowest BCUT2D eigenvalue weighted by Crippen LogP contribution is -2.17. The zero-order valence-electron chi connectivity index (χ0n) is 13.4. The van der Waals surface area contributed by atoms with Crippen molar-refractivity contribution in [2.75, 3.05) is 5.32 Å². The molecule has 0 radical (unpaired) electrons. The molecule has 1 aromatic carbocycles. The fraction of sp³-hybridized carbons (Fsp3) is 0.211. The van der Waals surface area contributed by atoms with Gasteiger partial charge in [-0.25, -0.2) is 4.68 Å². The van der Waals surface area contributed by atoms with Gasteiger partial charge in [-0.2, -0.15) is 5.10 Å². The number of para-hydroxylation sites is 1. The summed E-state index contributed by atoms with van der Waals surface area (Å²) in [7, 11) is 0. The molecule has 0 bridgehead atoms. The number of nitrogens with zero attached hydrogens (tertiary/aromatic N) is 3. The Labute approximate surface area is 140 Å². The zero-order chi connectivity index (χ0) is 16.5. The molecule has 0 saturated heterocycles. The number of anilines is 1. The first-order chi connectivity index (χ1) is 11.7. The summed E-state index contributed by atoms with van der Waals surface area (Å²) in [4.78, 5) is 16.7. The number of rotatable bonds is 4. The molecule has 24 heavy (non-hydrogen) atoms. The highest BCUT2D eigenvalue weighted by atomic mass is 16.2. The van der Waals surface area contributed by atoms with Gasteiger partial charge in [0.2, 0.25) is 5.91 Å². The second-order valence-corrected chi connectivity index (χ2v) is 6.14. The smallest absolute Gasteiger partial charge is 0.229 e. The number of carbonyl (C=O) groups is 1. The van der Waals surface area contributed by atoms with E-state index in [2.05, 4.69) is 15.4 Å². The van der Waals surface area contributed by atoms with E-state index < -0.39 is 0 Å². The average Bonchev–Trinajstić information content (AvgIpc) is 3.30. The van der Waals surface area contributed by atoms with Crippen molar-refractivity contribution in [3.8, 4) is 5.69 Å². The third kappa shape index (κ3) is 2.69. The number of pyridine rings is 1. The summed E-state index contributed by atoms with van der Waals surface area (Å²) < 4.78 is 1.77. The van der Waals surface area contributed by atoms with Gasteiger partial charge in [-0.3, -0.25) is 9.78 Å². The van der Waals surface area contributed by atoms with Crippen molar-refractivity contribution in [2.45, 2.75) is 19.3 Å². The van der Waals surface area contributed by atoms with Crippen LogP contribution in [0.1, 0.15) is 23.5 Å². The average molecular weight is 318 g/mol. The molecule has 1 fully saturated rings. The van der Waals surface area contributed by atoms with E-state index in [-0.39, 0.29) is 17.7 Å². The van der Waals surface area contributed by atoms with Crippen LogP contribution in [0.25, 0.3) is 5.69 Å². The minimum absolute atomic E-state index is 0.00872. The molecule has 3 aromatic rings. The van der Waals surface area contributed by atoms with Crippen LogP contribution in [0.2, 0.25) is 0 Å². The van der Waals surface area contributed by atoms with Gasteiger partial charge >= 0.3 is 0 Å². The first-order valence-electron chi connectivity index (χ1n) is 8.05. The van der Waals surface area contributed by atoms with Gasteiger partial charge < -0.3 is 5.32 Å². The number of aromatic nitrogens is 3. The van der Waals surface area contributed by atoms with Crippen molar-refractivity contribution in [1.82, 2.24) is 14.8 Å². The van der Waals surface area contributed by atoms with Crippen LogP contribution >= 0.6 is 0 Å². The predicted octanol–water partition coefficient (Wildman–Crippen LogP) is 3.32. The van der Waals surface area contributed by atoms with Crippen LogP contribution < -0.4 is 5.32 Å². The van der Waals surface area contributed by atoms with E-state index >= 15 is 0 Å². The quantitative estimate of drug-likeness (QED) is 0.803. The van der Waals surface area contributed by atoms with Crippen LogP contribution in [-0.4, -0.2) is 20.7 Å². The van der Waals surface area contributed by atoms with E-state index in [9.17, 15) is 4.79 Å². The van der Waals surface area contributed by atoms with Crippen LogP contribution in [0.4, 0.5) is 5.82 Å². The lowest BCUT2D eigenvalue weighted by molar-refractivity contribution is -0.117.